The monoisotopic (exact) mass is 564 g/mol. The predicted octanol–water partition coefficient (Wildman–Crippen LogP) is 6.63. The minimum absolute atomic E-state index is 0.113. The average Bonchev–Trinajstić information content (AvgIpc) is 2.96. The highest BCUT2D eigenvalue weighted by Crippen LogP contribution is 2.29. The molecule has 214 valence electrons. The lowest BCUT2D eigenvalue weighted by Crippen LogP contribution is -2.50. The molecule has 6 nitrogen and oxygen atoms in total. The number of unbranched alkanes of at least 4 members (excludes halogenated alkanes) is 1. The minimum atomic E-state index is -0.678. The molecule has 0 aliphatic rings. The van der Waals surface area contributed by atoms with Gasteiger partial charge in [-0.25, -0.2) is 0 Å². The van der Waals surface area contributed by atoms with E-state index < -0.39 is 6.04 Å². The first kappa shape index (κ1) is 31.0. The molecule has 2 amide bonds. The Hall–Kier alpha value is -3.51. The van der Waals surface area contributed by atoms with Crippen molar-refractivity contribution in [2.24, 2.45) is 0 Å². The predicted molar refractivity (Wildman–Crippen MR) is 161 cm³/mol. The number of hydrogen-bond acceptors (Lipinski definition) is 4. The van der Waals surface area contributed by atoms with Crippen LogP contribution in [0, 0.1) is 0 Å². The van der Waals surface area contributed by atoms with E-state index in [2.05, 4.69) is 12.2 Å². The van der Waals surface area contributed by atoms with E-state index in [-0.39, 0.29) is 24.8 Å². The fourth-order valence-corrected chi connectivity index (χ4v) is 4.71. The van der Waals surface area contributed by atoms with E-state index in [1.807, 2.05) is 86.6 Å². The fraction of sp³-hybridized carbons (Fsp3) is 0.394. The van der Waals surface area contributed by atoms with Gasteiger partial charge < -0.3 is 19.7 Å². The van der Waals surface area contributed by atoms with Gasteiger partial charge in [0.2, 0.25) is 11.8 Å². The number of halogens is 1. The molecule has 0 saturated heterocycles. The van der Waals surface area contributed by atoms with Crippen LogP contribution in [0.2, 0.25) is 5.02 Å². The summed E-state index contributed by atoms with van der Waals surface area (Å²) in [5, 5.41) is 3.62. The number of nitrogens with zero attached hydrogens (tertiary/aromatic N) is 1. The molecule has 0 radical (unpaired) electrons. The van der Waals surface area contributed by atoms with Crippen molar-refractivity contribution in [3.8, 4) is 11.5 Å². The van der Waals surface area contributed by atoms with Gasteiger partial charge in [0.15, 0.2) is 11.5 Å². The third-order valence-corrected chi connectivity index (χ3v) is 7.00. The van der Waals surface area contributed by atoms with Gasteiger partial charge in [0.05, 0.1) is 13.2 Å². The van der Waals surface area contributed by atoms with Gasteiger partial charge in [-0.15, -0.1) is 0 Å². The average molecular weight is 565 g/mol. The van der Waals surface area contributed by atoms with Gasteiger partial charge in [-0.2, -0.15) is 0 Å². The van der Waals surface area contributed by atoms with Crippen LogP contribution in [0.25, 0.3) is 0 Å². The van der Waals surface area contributed by atoms with E-state index in [1.54, 1.807) is 4.90 Å². The smallest absolute Gasteiger partial charge is 0.243 e. The molecule has 1 unspecified atom stereocenters. The molecule has 3 rings (SSSR count). The Morgan fingerprint density at radius 1 is 0.875 bits per heavy atom. The SMILES string of the molecule is CCCCNC(=O)C(Cc1ccccc1)N(Cc1ccccc1Cl)C(=O)CCc1ccc(OCC)c(OCC)c1. The van der Waals surface area contributed by atoms with Crippen LogP contribution in [-0.4, -0.2) is 42.5 Å². The molecule has 0 spiro atoms. The molecule has 1 N–H and O–H groups in total. The Morgan fingerprint density at radius 2 is 1.57 bits per heavy atom. The standard InChI is InChI=1S/C33H41ClN2O4/c1-4-7-21-35-33(38)29(22-25-13-9-8-10-14-25)36(24-27-15-11-12-16-28(27)34)32(37)20-18-26-17-19-30(39-5-2)31(23-26)40-6-3/h8-17,19,23,29H,4-7,18,20-22,24H2,1-3H3,(H,35,38). The summed E-state index contributed by atoms with van der Waals surface area (Å²) in [6.07, 6.45) is 2.99. The van der Waals surface area contributed by atoms with Gasteiger partial charge in [-0.05, 0) is 61.6 Å². The molecular weight excluding hydrogens is 524 g/mol. The highest BCUT2D eigenvalue weighted by molar-refractivity contribution is 6.31. The number of carbonyl (C=O) groups excluding carboxylic acids is 2. The molecule has 0 fully saturated rings. The lowest BCUT2D eigenvalue weighted by molar-refractivity contribution is -0.141. The van der Waals surface area contributed by atoms with E-state index in [0.717, 1.165) is 29.5 Å². The van der Waals surface area contributed by atoms with Crippen LogP contribution in [0.5, 0.6) is 11.5 Å². The second-order valence-electron chi connectivity index (χ2n) is 9.61. The summed E-state index contributed by atoms with van der Waals surface area (Å²) < 4.78 is 11.5. The molecule has 3 aromatic rings. The first-order valence-electron chi connectivity index (χ1n) is 14.2. The topological polar surface area (TPSA) is 67.9 Å². The zero-order chi connectivity index (χ0) is 28.7. The molecule has 0 aliphatic heterocycles. The molecule has 0 heterocycles. The zero-order valence-electron chi connectivity index (χ0n) is 23.8. The van der Waals surface area contributed by atoms with Crippen molar-refractivity contribution in [3.05, 3.63) is 94.5 Å². The number of ether oxygens (including phenoxy) is 2. The minimum Gasteiger partial charge on any atom is -0.490 e. The van der Waals surface area contributed by atoms with Crippen molar-refractivity contribution in [2.75, 3.05) is 19.8 Å². The Labute approximate surface area is 243 Å². The lowest BCUT2D eigenvalue weighted by atomic mass is 10.0. The second kappa shape index (κ2) is 16.6. The third-order valence-electron chi connectivity index (χ3n) is 6.63. The zero-order valence-corrected chi connectivity index (χ0v) is 24.6. The van der Waals surface area contributed by atoms with Crippen molar-refractivity contribution in [1.29, 1.82) is 0 Å². The largest absolute Gasteiger partial charge is 0.490 e. The maximum atomic E-state index is 13.9. The van der Waals surface area contributed by atoms with Crippen molar-refractivity contribution in [1.82, 2.24) is 10.2 Å². The normalized spacial score (nSPS) is 11.5. The summed E-state index contributed by atoms with van der Waals surface area (Å²) in [6, 6.07) is 22.4. The van der Waals surface area contributed by atoms with Gasteiger partial charge in [-0.1, -0.05) is 79.5 Å². The van der Waals surface area contributed by atoms with Crippen LogP contribution in [-0.2, 0) is 29.0 Å². The van der Waals surface area contributed by atoms with E-state index in [4.69, 9.17) is 21.1 Å². The van der Waals surface area contributed by atoms with E-state index >= 15 is 0 Å². The fourth-order valence-electron chi connectivity index (χ4n) is 4.52. The van der Waals surface area contributed by atoms with Crippen molar-refractivity contribution in [3.63, 3.8) is 0 Å². The molecular formula is C33H41ClN2O4. The van der Waals surface area contributed by atoms with E-state index in [0.29, 0.717) is 49.1 Å². The van der Waals surface area contributed by atoms with Crippen LogP contribution >= 0.6 is 11.6 Å². The molecule has 3 aromatic carbocycles. The number of aryl methyl sites for hydroxylation is 1. The highest BCUT2D eigenvalue weighted by Gasteiger charge is 2.30. The summed E-state index contributed by atoms with van der Waals surface area (Å²) in [5.41, 5.74) is 2.75. The van der Waals surface area contributed by atoms with Crippen molar-refractivity contribution < 1.29 is 19.1 Å². The number of amides is 2. The first-order valence-corrected chi connectivity index (χ1v) is 14.6. The molecule has 0 saturated carbocycles. The number of rotatable bonds is 16. The maximum Gasteiger partial charge on any atom is 0.243 e. The Morgan fingerprint density at radius 3 is 2.27 bits per heavy atom. The molecule has 7 heteroatoms. The first-order chi connectivity index (χ1) is 19.5. The van der Waals surface area contributed by atoms with Crippen LogP contribution in [0.4, 0.5) is 0 Å². The number of carbonyl (C=O) groups is 2. The van der Waals surface area contributed by atoms with Crippen molar-refractivity contribution in [2.45, 2.75) is 65.5 Å². The molecule has 0 aromatic heterocycles. The molecule has 0 bridgehead atoms. The van der Waals surface area contributed by atoms with Gasteiger partial charge in [0.25, 0.3) is 0 Å². The Bertz CT molecular complexity index is 1220. The van der Waals surface area contributed by atoms with Crippen LogP contribution < -0.4 is 14.8 Å². The van der Waals surface area contributed by atoms with Gasteiger partial charge in [0.1, 0.15) is 6.04 Å². The maximum absolute atomic E-state index is 13.9. The lowest BCUT2D eigenvalue weighted by Gasteiger charge is -2.32. The quantitative estimate of drug-likeness (QED) is 0.198. The molecule has 40 heavy (non-hydrogen) atoms. The van der Waals surface area contributed by atoms with E-state index in [1.165, 1.54) is 0 Å². The number of nitrogens with one attached hydrogen (secondary N) is 1. The van der Waals surface area contributed by atoms with Gasteiger partial charge in [-0.3, -0.25) is 9.59 Å². The third kappa shape index (κ3) is 9.30. The summed E-state index contributed by atoms with van der Waals surface area (Å²) >= 11 is 6.52. The van der Waals surface area contributed by atoms with Crippen molar-refractivity contribution >= 4 is 23.4 Å². The van der Waals surface area contributed by atoms with Gasteiger partial charge in [0, 0.05) is 31.0 Å². The molecule has 1 atom stereocenters. The molecule has 0 aliphatic carbocycles. The Balaban J connectivity index is 1.89. The highest BCUT2D eigenvalue weighted by atomic mass is 35.5. The number of hydrogen-bond donors (Lipinski definition) is 1. The summed E-state index contributed by atoms with van der Waals surface area (Å²) in [6.45, 7) is 7.81. The van der Waals surface area contributed by atoms with Crippen LogP contribution in [0.1, 0.15) is 56.7 Å². The summed E-state index contributed by atoms with van der Waals surface area (Å²) in [7, 11) is 0. The Kier molecular flexibility index (Phi) is 12.8. The van der Waals surface area contributed by atoms with Gasteiger partial charge >= 0.3 is 0 Å². The second-order valence-corrected chi connectivity index (χ2v) is 10.0. The summed E-state index contributed by atoms with van der Waals surface area (Å²) in [4.78, 5) is 29.2. The van der Waals surface area contributed by atoms with Crippen LogP contribution in [0.3, 0.4) is 0 Å². The van der Waals surface area contributed by atoms with E-state index in [9.17, 15) is 9.59 Å². The van der Waals surface area contributed by atoms with Crippen LogP contribution in [0.15, 0.2) is 72.8 Å². The number of benzene rings is 3. The summed E-state index contributed by atoms with van der Waals surface area (Å²) in [5.74, 6) is 1.08.